The molecular weight excluding hydrogens is 210 g/mol. The maximum absolute atomic E-state index is 6.10. The van der Waals surface area contributed by atoms with Crippen LogP contribution in [0, 0.1) is 6.92 Å². The lowest BCUT2D eigenvalue weighted by Crippen LogP contribution is -2.10. The number of fused-ring (bicyclic) bond motifs is 1. The summed E-state index contributed by atoms with van der Waals surface area (Å²) in [5.74, 6) is 0.933. The van der Waals surface area contributed by atoms with Gasteiger partial charge in [0.2, 0.25) is 0 Å². The molecule has 0 spiro atoms. The van der Waals surface area contributed by atoms with Gasteiger partial charge in [-0.25, -0.2) is 0 Å². The zero-order chi connectivity index (χ0) is 10.8. The molecule has 0 amide bonds. The van der Waals surface area contributed by atoms with Crippen molar-refractivity contribution in [2.75, 3.05) is 6.54 Å². The predicted molar refractivity (Wildman–Crippen MR) is 63.3 cm³/mol. The molecule has 2 nitrogen and oxygen atoms in total. The largest absolute Gasteiger partial charge is 0.459 e. The van der Waals surface area contributed by atoms with Gasteiger partial charge >= 0.3 is 0 Å². The fraction of sp³-hybridized carbons (Fsp3) is 0.333. The Labute approximate surface area is 94.2 Å². The highest BCUT2D eigenvalue weighted by molar-refractivity contribution is 6.35. The van der Waals surface area contributed by atoms with Crippen LogP contribution in [0.15, 0.2) is 22.6 Å². The lowest BCUT2D eigenvalue weighted by atomic mass is 10.2. The molecule has 15 heavy (non-hydrogen) atoms. The number of rotatable bonds is 3. The smallest absolute Gasteiger partial charge is 0.138 e. The molecule has 0 aliphatic heterocycles. The number of hydrogen-bond donors (Lipinski definition) is 1. The van der Waals surface area contributed by atoms with Gasteiger partial charge in [0.15, 0.2) is 0 Å². The van der Waals surface area contributed by atoms with Crippen molar-refractivity contribution in [1.82, 2.24) is 5.32 Å². The fourth-order valence-electron chi connectivity index (χ4n) is 1.61. The maximum Gasteiger partial charge on any atom is 0.138 e. The number of aryl methyl sites for hydroxylation is 1. The first-order chi connectivity index (χ1) is 7.22. The van der Waals surface area contributed by atoms with Crippen LogP contribution < -0.4 is 5.32 Å². The van der Waals surface area contributed by atoms with Gasteiger partial charge in [-0.05, 0) is 31.2 Å². The minimum atomic E-state index is 0.751. The summed E-state index contributed by atoms with van der Waals surface area (Å²) in [6.07, 6.45) is 0. The Morgan fingerprint density at radius 1 is 1.40 bits per heavy atom. The van der Waals surface area contributed by atoms with E-state index in [1.807, 2.05) is 25.1 Å². The molecule has 2 aromatic rings. The van der Waals surface area contributed by atoms with E-state index in [0.717, 1.165) is 40.4 Å². The molecule has 1 heterocycles. The molecular formula is C12H14ClNO. The van der Waals surface area contributed by atoms with Crippen molar-refractivity contribution in [3.05, 3.63) is 34.5 Å². The van der Waals surface area contributed by atoms with E-state index >= 15 is 0 Å². The third-order valence-electron chi connectivity index (χ3n) is 2.43. The van der Waals surface area contributed by atoms with Gasteiger partial charge in [-0.15, -0.1) is 0 Å². The SMILES string of the molecule is CCNCc1cc2c(Cl)ccc(C)c2o1. The van der Waals surface area contributed by atoms with E-state index in [1.165, 1.54) is 0 Å². The second kappa shape index (κ2) is 4.25. The Kier molecular flexibility index (Phi) is 2.98. The van der Waals surface area contributed by atoms with Gasteiger partial charge in [-0.2, -0.15) is 0 Å². The van der Waals surface area contributed by atoms with Crippen molar-refractivity contribution in [3.63, 3.8) is 0 Å². The predicted octanol–water partition coefficient (Wildman–Crippen LogP) is 3.50. The topological polar surface area (TPSA) is 25.2 Å². The minimum absolute atomic E-state index is 0.751. The first-order valence-corrected chi connectivity index (χ1v) is 5.48. The van der Waals surface area contributed by atoms with E-state index in [1.54, 1.807) is 0 Å². The van der Waals surface area contributed by atoms with Crippen molar-refractivity contribution >= 4 is 22.6 Å². The van der Waals surface area contributed by atoms with Crippen molar-refractivity contribution in [1.29, 1.82) is 0 Å². The standard InChI is InChI=1S/C12H14ClNO/c1-3-14-7-9-6-10-11(13)5-4-8(2)12(10)15-9/h4-6,14H,3,7H2,1-2H3. The van der Waals surface area contributed by atoms with E-state index < -0.39 is 0 Å². The zero-order valence-corrected chi connectivity index (χ0v) is 9.69. The first kappa shape index (κ1) is 10.5. The van der Waals surface area contributed by atoms with Crippen LogP contribution in [0.4, 0.5) is 0 Å². The monoisotopic (exact) mass is 223 g/mol. The van der Waals surface area contributed by atoms with Gasteiger partial charge in [0, 0.05) is 5.39 Å². The fourth-order valence-corrected chi connectivity index (χ4v) is 1.81. The highest BCUT2D eigenvalue weighted by atomic mass is 35.5. The van der Waals surface area contributed by atoms with Crippen molar-refractivity contribution in [2.45, 2.75) is 20.4 Å². The van der Waals surface area contributed by atoms with E-state index in [2.05, 4.69) is 12.2 Å². The quantitative estimate of drug-likeness (QED) is 0.862. The molecule has 1 aromatic carbocycles. The second-order valence-electron chi connectivity index (χ2n) is 3.60. The summed E-state index contributed by atoms with van der Waals surface area (Å²) in [5, 5.41) is 4.98. The van der Waals surface area contributed by atoms with Crippen molar-refractivity contribution in [3.8, 4) is 0 Å². The maximum atomic E-state index is 6.10. The lowest BCUT2D eigenvalue weighted by Gasteiger charge is -1.96. The summed E-state index contributed by atoms with van der Waals surface area (Å²) in [4.78, 5) is 0. The Balaban J connectivity index is 2.45. The molecule has 0 atom stereocenters. The molecule has 0 radical (unpaired) electrons. The van der Waals surface area contributed by atoms with Crippen LogP contribution in [-0.4, -0.2) is 6.54 Å². The number of furan rings is 1. The van der Waals surface area contributed by atoms with Crippen LogP contribution in [0.5, 0.6) is 0 Å². The third-order valence-corrected chi connectivity index (χ3v) is 2.76. The van der Waals surface area contributed by atoms with Gasteiger partial charge in [-0.3, -0.25) is 0 Å². The summed E-state index contributed by atoms with van der Waals surface area (Å²) in [6.45, 7) is 5.78. The molecule has 0 unspecified atom stereocenters. The average molecular weight is 224 g/mol. The van der Waals surface area contributed by atoms with Crippen LogP contribution in [0.3, 0.4) is 0 Å². The van der Waals surface area contributed by atoms with Gasteiger partial charge in [-0.1, -0.05) is 24.6 Å². The summed E-state index contributed by atoms with van der Waals surface area (Å²) in [5.41, 5.74) is 2.02. The Morgan fingerprint density at radius 2 is 2.20 bits per heavy atom. The Bertz CT molecular complexity index is 437. The van der Waals surface area contributed by atoms with Crippen molar-refractivity contribution < 1.29 is 4.42 Å². The zero-order valence-electron chi connectivity index (χ0n) is 8.93. The van der Waals surface area contributed by atoms with E-state index in [9.17, 15) is 0 Å². The van der Waals surface area contributed by atoms with E-state index in [0.29, 0.717) is 0 Å². The normalized spacial score (nSPS) is 11.1. The van der Waals surface area contributed by atoms with Gasteiger partial charge in [0.25, 0.3) is 0 Å². The molecule has 0 aliphatic carbocycles. The van der Waals surface area contributed by atoms with Crippen LogP contribution in [-0.2, 0) is 6.54 Å². The Hall–Kier alpha value is -0.990. The van der Waals surface area contributed by atoms with Crippen LogP contribution in [0.25, 0.3) is 11.0 Å². The molecule has 0 aliphatic rings. The molecule has 0 fully saturated rings. The number of hydrogen-bond acceptors (Lipinski definition) is 2. The molecule has 0 saturated carbocycles. The summed E-state index contributed by atoms with van der Waals surface area (Å²) < 4.78 is 5.73. The summed E-state index contributed by atoms with van der Waals surface area (Å²) in [7, 11) is 0. The molecule has 80 valence electrons. The number of halogens is 1. The van der Waals surface area contributed by atoms with Crippen molar-refractivity contribution in [2.24, 2.45) is 0 Å². The van der Waals surface area contributed by atoms with Gasteiger partial charge in [0.05, 0.1) is 11.6 Å². The van der Waals surface area contributed by atoms with Crippen LogP contribution >= 0.6 is 11.6 Å². The number of nitrogens with one attached hydrogen (secondary N) is 1. The van der Waals surface area contributed by atoms with Crippen LogP contribution in [0.1, 0.15) is 18.2 Å². The van der Waals surface area contributed by atoms with E-state index in [-0.39, 0.29) is 0 Å². The van der Waals surface area contributed by atoms with Crippen LogP contribution in [0.2, 0.25) is 5.02 Å². The summed E-state index contributed by atoms with van der Waals surface area (Å²) >= 11 is 6.10. The second-order valence-corrected chi connectivity index (χ2v) is 4.01. The molecule has 3 heteroatoms. The highest BCUT2D eigenvalue weighted by Crippen LogP contribution is 2.29. The molecule has 0 bridgehead atoms. The highest BCUT2D eigenvalue weighted by Gasteiger charge is 2.08. The lowest BCUT2D eigenvalue weighted by molar-refractivity contribution is 0.518. The minimum Gasteiger partial charge on any atom is -0.459 e. The first-order valence-electron chi connectivity index (χ1n) is 5.10. The van der Waals surface area contributed by atoms with E-state index in [4.69, 9.17) is 16.0 Å². The molecule has 0 saturated heterocycles. The third kappa shape index (κ3) is 2.01. The average Bonchev–Trinajstić information content (AvgIpc) is 2.66. The van der Waals surface area contributed by atoms with Gasteiger partial charge < -0.3 is 9.73 Å². The molecule has 2 rings (SSSR count). The molecule has 1 aromatic heterocycles. The van der Waals surface area contributed by atoms with Gasteiger partial charge in [0.1, 0.15) is 11.3 Å². The summed E-state index contributed by atoms with van der Waals surface area (Å²) in [6, 6.07) is 5.89. The number of benzene rings is 1. The Morgan fingerprint density at radius 3 is 2.87 bits per heavy atom. The molecule has 1 N–H and O–H groups in total.